The fourth-order valence-corrected chi connectivity index (χ4v) is 3.59. The van der Waals surface area contributed by atoms with Gasteiger partial charge in [-0.25, -0.2) is 4.68 Å². The van der Waals surface area contributed by atoms with E-state index in [-0.39, 0.29) is 5.91 Å². The van der Waals surface area contributed by atoms with Crippen LogP contribution in [0.25, 0.3) is 5.69 Å². The average Bonchev–Trinajstić information content (AvgIpc) is 3.35. The van der Waals surface area contributed by atoms with Gasteiger partial charge in [0.15, 0.2) is 11.6 Å². The highest BCUT2D eigenvalue weighted by Crippen LogP contribution is 2.18. The predicted molar refractivity (Wildman–Crippen MR) is 113 cm³/mol. The lowest BCUT2D eigenvalue weighted by Gasteiger charge is -2.35. The van der Waals surface area contributed by atoms with Crippen molar-refractivity contribution in [3.63, 3.8) is 0 Å². The maximum Gasteiger partial charge on any atom is 0.254 e. The molecule has 1 aliphatic rings. The quantitative estimate of drug-likeness (QED) is 0.603. The Bertz CT molecular complexity index is 962. The fraction of sp³-hybridized carbons (Fsp3) is 0.400. The molecule has 0 aliphatic carbocycles. The monoisotopic (exact) mass is 407 g/mol. The summed E-state index contributed by atoms with van der Waals surface area (Å²) in [6, 6.07) is 11.4. The molecule has 1 saturated heterocycles. The number of amides is 1. The van der Waals surface area contributed by atoms with Gasteiger partial charge in [-0.1, -0.05) is 6.07 Å². The number of nitrogens with zero attached hydrogens (tertiary/aromatic N) is 9. The fourth-order valence-electron chi connectivity index (χ4n) is 3.59. The molecule has 1 aromatic carbocycles. The molecule has 10 heteroatoms. The van der Waals surface area contributed by atoms with Crippen molar-refractivity contribution >= 4 is 17.5 Å². The molecule has 1 fully saturated rings. The van der Waals surface area contributed by atoms with Gasteiger partial charge in [0.05, 0.1) is 5.69 Å². The molecule has 0 saturated carbocycles. The molecular formula is C20H25N9O. The van der Waals surface area contributed by atoms with Gasteiger partial charge >= 0.3 is 0 Å². The second-order valence-corrected chi connectivity index (χ2v) is 7.01. The van der Waals surface area contributed by atoms with Crippen molar-refractivity contribution in [1.29, 1.82) is 0 Å². The van der Waals surface area contributed by atoms with Crippen LogP contribution in [0.1, 0.15) is 24.2 Å². The average molecular weight is 407 g/mol. The summed E-state index contributed by atoms with van der Waals surface area (Å²) >= 11 is 0. The number of carbonyl (C=O) groups excluding carboxylic acids is 1. The molecule has 0 spiro atoms. The number of rotatable bonds is 6. The molecule has 0 atom stereocenters. The number of anilines is 2. The van der Waals surface area contributed by atoms with Crippen molar-refractivity contribution in [3.05, 3.63) is 48.3 Å². The van der Waals surface area contributed by atoms with Gasteiger partial charge in [0.1, 0.15) is 6.33 Å². The van der Waals surface area contributed by atoms with Gasteiger partial charge in [-0.05, 0) is 54.6 Å². The van der Waals surface area contributed by atoms with Gasteiger partial charge in [-0.15, -0.1) is 15.3 Å². The van der Waals surface area contributed by atoms with E-state index in [4.69, 9.17) is 0 Å². The van der Waals surface area contributed by atoms with Crippen molar-refractivity contribution in [3.8, 4) is 5.69 Å². The minimum Gasteiger partial charge on any atom is -0.356 e. The molecule has 0 N–H and O–H groups in total. The van der Waals surface area contributed by atoms with E-state index in [0.717, 1.165) is 43.5 Å². The Hall–Kier alpha value is -3.56. The first kappa shape index (κ1) is 19.7. The summed E-state index contributed by atoms with van der Waals surface area (Å²) in [5.41, 5.74) is 1.38. The molecule has 4 rings (SSSR count). The molecule has 3 heterocycles. The van der Waals surface area contributed by atoms with Crippen molar-refractivity contribution in [2.45, 2.75) is 13.8 Å². The number of aromatic nitrogens is 6. The van der Waals surface area contributed by atoms with Crippen LogP contribution >= 0.6 is 0 Å². The Balaban J connectivity index is 1.39. The number of carbonyl (C=O) groups is 1. The topological polar surface area (TPSA) is 96.2 Å². The van der Waals surface area contributed by atoms with Crippen LogP contribution in [0, 0.1) is 0 Å². The standard InChI is InChI=1S/C20H25N9O/c1-3-26(4-2)18-8-9-19(23-22-18)27-10-12-28(13-11-27)20(30)16-6-5-7-17(14-16)29-15-21-24-25-29/h5-9,14-15H,3-4,10-13H2,1-2H3. The summed E-state index contributed by atoms with van der Waals surface area (Å²) in [6.07, 6.45) is 1.51. The number of hydrogen-bond acceptors (Lipinski definition) is 8. The van der Waals surface area contributed by atoms with Gasteiger partial charge in [-0.3, -0.25) is 4.79 Å². The van der Waals surface area contributed by atoms with Crippen LogP contribution in [-0.4, -0.2) is 80.5 Å². The highest BCUT2D eigenvalue weighted by molar-refractivity contribution is 5.95. The highest BCUT2D eigenvalue weighted by Gasteiger charge is 2.23. The lowest BCUT2D eigenvalue weighted by atomic mass is 10.1. The second kappa shape index (κ2) is 8.85. The first-order valence-corrected chi connectivity index (χ1v) is 10.2. The van der Waals surface area contributed by atoms with E-state index in [2.05, 4.69) is 49.4 Å². The summed E-state index contributed by atoms with van der Waals surface area (Å²) in [4.78, 5) is 19.2. The zero-order valence-corrected chi connectivity index (χ0v) is 17.2. The number of tetrazole rings is 1. The summed E-state index contributed by atoms with van der Waals surface area (Å²) in [5.74, 6) is 1.74. The number of benzene rings is 1. The van der Waals surface area contributed by atoms with Gasteiger partial charge in [0.25, 0.3) is 5.91 Å². The van der Waals surface area contributed by atoms with Crippen LogP contribution in [0.15, 0.2) is 42.7 Å². The van der Waals surface area contributed by atoms with E-state index in [0.29, 0.717) is 18.7 Å². The summed E-state index contributed by atoms with van der Waals surface area (Å²) in [7, 11) is 0. The molecule has 1 amide bonds. The Morgan fingerprint density at radius 2 is 1.83 bits per heavy atom. The normalized spacial score (nSPS) is 14.1. The van der Waals surface area contributed by atoms with Crippen LogP contribution in [0.5, 0.6) is 0 Å². The van der Waals surface area contributed by atoms with E-state index >= 15 is 0 Å². The van der Waals surface area contributed by atoms with Gasteiger partial charge in [0.2, 0.25) is 0 Å². The Kier molecular flexibility index (Phi) is 5.82. The minimum absolute atomic E-state index is 0.00698. The first-order chi connectivity index (χ1) is 14.7. The van der Waals surface area contributed by atoms with Crippen LogP contribution < -0.4 is 9.80 Å². The molecule has 10 nitrogen and oxygen atoms in total. The van der Waals surface area contributed by atoms with E-state index in [1.54, 1.807) is 0 Å². The Morgan fingerprint density at radius 3 is 2.47 bits per heavy atom. The van der Waals surface area contributed by atoms with Crippen LogP contribution in [0.2, 0.25) is 0 Å². The van der Waals surface area contributed by atoms with Gasteiger partial charge in [0, 0.05) is 44.8 Å². The molecular weight excluding hydrogens is 382 g/mol. The smallest absolute Gasteiger partial charge is 0.254 e. The molecule has 0 radical (unpaired) electrons. The summed E-state index contributed by atoms with van der Waals surface area (Å²) in [5, 5.41) is 19.9. The highest BCUT2D eigenvalue weighted by atomic mass is 16.2. The van der Waals surface area contributed by atoms with Crippen molar-refractivity contribution in [1.82, 2.24) is 35.3 Å². The molecule has 156 valence electrons. The van der Waals surface area contributed by atoms with E-state index in [1.165, 1.54) is 11.0 Å². The van der Waals surface area contributed by atoms with Crippen molar-refractivity contribution in [2.24, 2.45) is 0 Å². The van der Waals surface area contributed by atoms with Crippen molar-refractivity contribution < 1.29 is 4.79 Å². The molecule has 3 aromatic rings. The van der Waals surface area contributed by atoms with Gasteiger partial charge in [-0.2, -0.15) is 0 Å². The summed E-state index contributed by atoms with van der Waals surface area (Å²) < 4.78 is 1.54. The molecule has 0 unspecified atom stereocenters. The maximum absolute atomic E-state index is 13.0. The SMILES string of the molecule is CCN(CC)c1ccc(N2CCN(C(=O)c3cccc(-n4cnnn4)c3)CC2)nn1. The van der Waals surface area contributed by atoms with Crippen molar-refractivity contribution in [2.75, 3.05) is 49.1 Å². The lowest BCUT2D eigenvalue weighted by molar-refractivity contribution is 0.0746. The zero-order valence-electron chi connectivity index (χ0n) is 17.2. The first-order valence-electron chi connectivity index (χ1n) is 10.2. The van der Waals surface area contributed by atoms with Gasteiger partial charge < -0.3 is 14.7 Å². The second-order valence-electron chi connectivity index (χ2n) is 7.01. The minimum atomic E-state index is 0.00698. The third kappa shape index (κ3) is 4.07. The van der Waals surface area contributed by atoms with E-state index in [9.17, 15) is 4.79 Å². The molecule has 2 aromatic heterocycles. The van der Waals surface area contributed by atoms with Crippen LogP contribution in [0.4, 0.5) is 11.6 Å². The molecule has 1 aliphatic heterocycles. The van der Waals surface area contributed by atoms with Crippen LogP contribution in [-0.2, 0) is 0 Å². The largest absolute Gasteiger partial charge is 0.356 e. The Morgan fingerprint density at radius 1 is 1.03 bits per heavy atom. The maximum atomic E-state index is 13.0. The predicted octanol–water partition coefficient (Wildman–Crippen LogP) is 1.26. The Labute approximate surface area is 175 Å². The van der Waals surface area contributed by atoms with Crippen LogP contribution in [0.3, 0.4) is 0 Å². The third-order valence-corrected chi connectivity index (χ3v) is 5.32. The number of piperazine rings is 1. The summed E-state index contributed by atoms with van der Waals surface area (Å²) in [6.45, 7) is 8.72. The zero-order chi connectivity index (χ0) is 20.9. The number of hydrogen-bond donors (Lipinski definition) is 0. The van der Waals surface area contributed by atoms with E-state index in [1.807, 2.05) is 41.3 Å². The molecule has 30 heavy (non-hydrogen) atoms. The lowest BCUT2D eigenvalue weighted by Crippen LogP contribution is -2.49. The van der Waals surface area contributed by atoms with E-state index < -0.39 is 0 Å². The third-order valence-electron chi connectivity index (χ3n) is 5.32. The molecule has 0 bridgehead atoms.